The summed E-state index contributed by atoms with van der Waals surface area (Å²) in [7, 11) is 0. The van der Waals surface area contributed by atoms with Gasteiger partial charge >= 0.3 is 0 Å². The molecule has 0 aliphatic rings. The van der Waals surface area contributed by atoms with Gasteiger partial charge in [-0.25, -0.2) is 0 Å². The van der Waals surface area contributed by atoms with E-state index >= 15 is 0 Å². The normalized spacial score (nSPS) is 10.8. The van der Waals surface area contributed by atoms with E-state index in [9.17, 15) is 0 Å². The minimum absolute atomic E-state index is 0.828. The van der Waals surface area contributed by atoms with Gasteiger partial charge in [0.05, 0.1) is 5.69 Å². The van der Waals surface area contributed by atoms with Crippen LogP contribution in [0.25, 0.3) is 0 Å². The van der Waals surface area contributed by atoms with Crippen molar-refractivity contribution in [3.63, 3.8) is 0 Å². The van der Waals surface area contributed by atoms with Crippen LogP contribution in [0.15, 0.2) is 64.9 Å². The summed E-state index contributed by atoms with van der Waals surface area (Å²) in [6.07, 6.45) is 0.843. The maximum absolute atomic E-state index is 5.08. The van der Waals surface area contributed by atoms with Gasteiger partial charge in [-0.15, -0.1) is 5.11 Å². The van der Waals surface area contributed by atoms with Crippen molar-refractivity contribution >= 4 is 5.69 Å². The minimum Gasteiger partial charge on any atom is -0.305 e. The van der Waals surface area contributed by atoms with Crippen molar-refractivity contribution in [3.8, 4) is 0 Å². The fraction of sp³-hybridized carbons (Fsp3) is 0.0769. The zero-order chi connectivity index (χ0) is 11.2. The molecular weight excluding hydrogens is 198 g/mol. The number of nitrogens with zero attached hydrogens (tertiary/aromatic N) is 2. The van der Waals surface area contributed by atoms with Gasteiger partial charge in [0.2, 0.25) is 0 Å². The summed E-state index contributed by atoms with van der Waals surface area (Å²) < 4.78 is 0. The molecule has 2 N–H and O–H groups in total. The summed E-state index contributed by atoms with van der Waals surface area (Å²) in [6, 6.07) is 18.1. The van der Waals surface area contributed by atoms with E-state index in [1.807, 2.05) is 42.5 Å². The van der Waals surface area contributed by atoms with Gasteiger partial charge in [-0.1, -0.05) is 53.8 Å². The van der Waals surface area contributed by atoms with Crippen LogP contribution in [-0.2, 0) is 6.42 Å². The lowest BCUT2D eigenvalue weighted by Crippen LogP contribution is -1.88. The molecule has 0 unspecified atom stereocenters. The van der Waals surface area contributed by atoms with Crippen LogP contribution in [0.5, 0.6) is 0 Å². The highest BCUT2D eigenvalue weighted by atomic mass is 15.3. The van der Waals surface area contributed by atoms with Gasteiger partial charge in [0.25, 0.3) is 0 Å². The maximum Gasteiger partial charge on any atom is 0.0909 e. The second-order valence-corrected chi connectivity index (χ2v) is 3.51. The second kappa shape index (κ2) is 5.07. The van der Waals surface area contributed by atoms with Crippen molar-refractivity contribution in [2.24, 2.45) is 16.2 Å². The number of nitrogens with two attached hydrogens (primary N) is 1. The van der Waals surface area contributed by atoms with E-state index in [1.165, 1.54) is 5.56 Å². The van der Waals surface area contributed by atoms with Crippen LogP contribution in [0.3, 0.4) is 0 Å². The number of benzene rings is 2. The topological polar surface area (TPSA) is 50.7 Å². The van der Waals surface area contributed by atoms with Gasteiger partial charge in [-0.2, -0.15) is 0 Å². The van der Waals surface area contributed by atoms with E-state index in [-0.39, 0.29) is 0 Å². The Balaban J connectivity index is 2.28. The summed E-state index contributed by atoms with van der Waals surface area (Å²) in [5.74, 6) is 5.08. The van der Waals surface area contributed by atoms with E-state index in [1.54, 1.807) is 0 Å². The van der Waals surface area contributed by atoms with Gasteiger partial charge in [-0.3, -0.25) is 0 Å². The molecule has 0 bridgehead atoms. The smallest absolute Gasteiger partial charge is 0.0909 e. The minimum atomic E-state index is 0.828. The monoisotopic (exact) mass is 211 g/mol. The molecular formula is C13H13N3. The molecule has 0 amide bonds. The molecule has 0 saturated heterocycles. The largest absolute Gasteiger partial charge is 0.305 e. The highest BCUT2D eigenvalue weighted by Gasteiger charge is 2.01. The fourth-order valence-corrected chi connectivity index (χ4v) is 1.64. The van der Waals surface area contributed by atoms with Gasteiger partial charge in [-0.05, 0) is 23.6 Å². The molecule has 0 fully saturated rings. The third-order valence-electron chi connectivity index (χ3n) is 2.39. The molecule has 0 aliphatic heterocycles. The Labute approximate surface area is 94.6 Å². The van der Waals surface area contributed by atoms with Crippen molar-refractivity contribution in [2.75, 3.05) is 0 Å². The Morgan fingerprint density at radius 3 is 2.31 bits per heavy atom. The van der Waals surface area contributed by atoms with Crippen molar-refractivity contribution in [1.82, 2.24) is 0 Å². The van der Waals surface area contributed by atoms with Crippen LogP contribution in [0.1, 0.15) is 11.1 Å². The molecule has 0 aromatic heterocycles. The molecule has 0 heterocycles. The Bertz CT molecular complexity index is 478. The molecule has 80 valence electrons. The molecule has 0 saturated carbocycles. The zero-order valence-corrected chi connectivity index (χ0v) is 8.88. The van der Waals surface area contributed by atoms with Crippen molar-refractivity contribution in [3.05, 3.63) is 65.7 Å². The Hall–Kier alpha value is -2.16. The highest BCUT2D eigenvalue weighted by Crippen LogP contribution is 2.21. The first-order chi connectivity index (χ1) is 7.90. The van der Waals surface area contributed by atoms with E-state index in [2.05, 4.69) is 22.5 Å². The first-order valence-electron chi connectivity index (χ1n) is 5.13. The van der Waals surface area contributed by atoms with Crippen LogP contribution in [0.2, 0.25) is 0 Å². The van der Waals surface area contributed by atoms with Crippen LogP contribution in [0.4, 0.5) is 5.69 Å². The summed E-state index contributed by atoms with van der Waals surface area (Å²) in [4.78, 5) is 0. The molecule has 16 heavy (non-hydrogen) atoms. The Kier molecular flexibility index (Phi) is 3.28. The second-order valence-electron chi connectivity index (χ2n) is 3.51. The first-order valence-corrected chi connectivity index (χ1v) is 5.13. The van der Waals surface area contributed by atoms with Crippen molar-refractivity contribution in [1.29, 1.82) is 0 Å². The third-order valence-corrected chi connectivity index (χ3v) is 2.39. The predicted molar refractivity (Wildman–Crippen MR) is 64.4 cm³/mol. The molecule has 2 rings (SSSR count). The van der Waals surface area contributed by atoms with E-state index in [0.717, 1.165) is 17.7 Å². The van der Waals surface area contributed by atoms with Gasteiger partial charge in [0.15, 0.2) is 0 Å². The zero-order valence-electron chi connectivity index (χ0n) is 8.88. The molecule has 2 aromatic rings. The molecule has 3 heteroatoms. The predicted octanol–water partition coefficient (Wildman–Crippen LogP) is 3.23. The quantitative estimate of drug-likeness (QED) is 0.473. The first kappa shape index (κ1) is 10.4. The number of hydrogen-bond donors (Lipinski definition) is 1. The average molecular weight is 211 g/mol. The van der Waals surface area contributed by atoms with Crippen LogP contribution >= 0.6 is 0 Å². The van der Waals surface area contributed by atoms with Crippen LogP contribution in [-0.4, -0.2) is 0 Å². The maximum atomic E-state index is 5.08. The lowest BCUT2D eigenvalue weighted by molar-refractivity contribution is 1.04. The average Bonchev–Trinajstić information content (AvgIpc) is 2.33. The van der Waals surface area contributed by atoms with Gasteiger partial charge < -0.3 is 5.84 Å². The van der Waals surface area contributed by atoms with E-state index in [4.69, 9.17) is 5.84 Å². The van der Waals surface area contributed by atoms with Crippen molar-refractivity contribution < 1.29 is 0 Å². The highest BCUT2D eigenvalue weighted by molar-refractivity contribution is 5.47. The summed E-state index contributed by atoms with van der Waals surface area (Å²) in [5.41, 5.74) is 3.21. The Morgan fingerprint density at radius 2 is 1.56 bits per heavy atom. The molecule has 3 nitrogen and oxygen atoms in total. The van der Waals surface area contributed by atoms with Gasteiger partial charge in [0, 0.05) is 0 Å². The molecule has 0 radical (unpaired) electrons. The summed E-state index contributed by atoms with van der Waals surface area (Å²) in [5, 5.41) is 7.24. The van der Waals surface area contributed by atoms with E-state index < -0.39 is 0 Å². The lowest BCUT2D eigenvalue weighted by Gasteiger charge is -2.04. The fourth-order valence-electron chi connectivity index (χ4n) is 1.64. The standard InChI is InChI=1S/C13H13N3/c14-16-15-13-9-5-4-8-12(13)10-11-6-2-1-3-7-11/h1-9H,10H2,(H2,14,15). The number of rotatable bonds is 3. The third kappa shape index (κ3) is 2.45. The van der Waals surface area contributed by atoms with Crippen LogP contribution < -0.4 is 5.84 Å². The SMILES string of the molecule is NN=Nc1ccccc1Cc1ccccc1. The summed E-state index contributed by atoms with van der Waals surface area (Å²) >= 11 is 0. The molecule has 0 atom stereocenters. The molecule has 0 aliphatic carbocycles. The summed E-state index contributed by atoms with van der Waals surface area (Å²) in [6.45, 7) is 0. The van der Waals surface area contributed by atoms with E-state index in [0.29, 0.717) is 0 Å². The van der Waals surface area contributed by atoms with Crippen LogP contribution in [0, 0.1) is 0 Å². The number of hydrogen-bond acceptors (Lipinski definition) is 2. The Morgan fingerprint density at radius 1 is 0.875 bits per heavy atom. The van der Waals surface area contributed by atoms with Gasteiger partial charge in [0.1, 0.15) is 0 Å². The lowest BCUT2D eigenvalue weighted by atomic mass is 10.0. The molecule has 2 aromatic carbocycles. The molecule has 0 spiro atoms. The van der Waals surface area contributed by atoms with Crippen molar-refractivity contribution in [2.45, 2.75) is 6.42 Å².